The van der Waals surface area contributed by atoms with Crippen molar-refractivity contribution in [3.8, 4) is 39.1 Å². The molecule has 3 nitrogen and oxygen atoms in total. The molecule has 268 valence electrons. The first-order valence-electron chi connectivity index (χ1n) is 19.4. The number of para-hydroxylation sites is 4. The lowest BCUT2D eigenvalue weighted by Crippen LogP contribution is -2.10. The van der Waals surface area contributed by atoms with Crippen molar-refractivity contribution in [3.05, 3.63) is 218 Å². The van der Waals surface area contributed by atoms with Crippen LogP contribution in [-0.4, -0.2) is 4.57 Å². The number of fused-ring (bicyclic) bond motifs is 6. The molecule has 0 aliphatic rings. The summed E-state index contributed by atoms with van der Waals surface area (Å²) in [6.07, 6.45) is 0. The Kier molecular flexibility index (Phi) is 7.82. The Bertz CT molecular complexity index is 3230. The number of hydrogen-bond acceptors (Lipinski definition) is 2. The molecule has 0 bridgehead atoms. The normalized spacial score (nSPS) is 11.5. The Morgan fingerprint density at radius 3 is 1.53 bits per heavy atom. The Balaban J connectivity index is 0.960. The third kappa shape index (κ3) is 5.68. The highest BCUT2D eigenvalue weighted by Crippen LogP contribution is 2.41. The highest BCUT2D eigenvalue weighted by molar-refractivity contribution is 6.13. The minimum atomic E-state index is 0.901. The van der Waals surface area contributed by atoms with Crippen molar-refractivity contribution in [1.29, 1.82) is 0 Å². The molecular weight excluding hydrogens is 693 g/mol. The minimum Gasteiger partial charge on any atom is -0.454 e. The van der Waals surface area contributed by atoms with E-state index < -0.39 is 0 Å². The van der Waals surface area contributed by atoms with E-state index in [0.29, 0.717) is 0 Å². The van der Waals surface area contributed by atoms with Gasteiger partial charge < -0.3 is 13.9 Å². The molecule has 0 aliphatic heterocycles. The van der Waals surface area contributed by atoms with E-state index in [1.165, 1.54) is 38.6 Å². The molecule has 3 heteroatoms. The van der Waals surface area contributed by atoms with Gasteiger partial charge in [-0.05, 0) is 100 Å². The lowest BCUT2D eigenvalue weighted by Gasteiger charge is -2.26. The minimum absolute atomic E-state index is 0.901. The second-order valence-corrected chi connectivity index (χ2v) is 14.6. The van der Waals surface area contributed by atoms with Gasteiger partial charge in [-0.3, -0.25) is 0 Å². The van der Waals surface area contributed by atoms with Crippen LogP contribution in [0.25, 0.3) is 82.8 Å². The van der Waals surface area contributed by atoms with E-state index in [2.05, 4.69) is 216 Å². The summed E-state index contributed by atoms with van der Waals surface area (Å²) >= 11 is 0. The van der Waals surface area contributed by atoms with E-state index in [1.54, 1.807) is 0 Å². The molecule has 57 heavy (non-hydrogen) atoms. The van der Waals surface area contributed by atoms with Crippen molar-refractivity contribution in [2.75, 3.05) is 4.90 Å². The van der Waals surface area contributed by atoms with Crippen molar-refractivity contribution in [3.63, 3.8) is 0 Å². The monoisotopic (exact) mass is 728 g/mol. The zero-order valence-corrected chi connectivity index (χ0v) is 31.1. The van der Waals surface area contributed by atoms with E-state index in [1.807, 2.05) is 12.1 Å². The highest BCUT2D eigenvalue weighted by Gasteiger charge is 2.19. The van der Waals surface area contributed by atoms with Gasteiger partial charge in [-0.1, -0.05) is 152 Å². The van der Waals surface area contributed by atoms with Crippen LogP contribution in [0.1, 0.15) is 0 Å². The molecule has 0 unspecified atom stereocenters. The average molecular weight is 729 g/mol. The van der Waals surface area contributed by atoms with Crippen molar-refractivity contribution in [2.24, 2.45) is 0 Å². The van der Waals surface area contributed by atoms with Gasteiger partial charge in [0.15, 0.2) is 5.58 Å². The van der Waals surface area contributed by atoms with Gasteiger partial charge in [0.05, 0.1) is 16.7 Å². The predicted molar refractivity (Wildman–Crippen MR) is 239 cm³/mol. The van der Waals surface area contributed by atoms with Crippen LogP contribution in [-0.2, 0) is 0 Å². The van der Waals surface area contributed by atoms with Crippen LogP contribution < -0.4 is 4.90 Å². The molecule has 0 spiro atoms. The molecule has 0 radical (unpaired) electrons. The van der Waals surface area contributed by atoms with E-state index in [9.17, 15) is 0 Å². The molecule has 9 aromatic carbocycles. The molecule has 0 aliphatic carbocycles. The second-order valence-electron chi connectivity index (χ2n) is 14.6. The van der Waals surface area contributed by atoms with Gasteiger partial charge in [-0.2, -0.15) is 0 Å². The lowest BCUT2D eigenvalue weighted by molar-refractivity contribution is 0.666. The highest BCUT2D eigenvalue weighted by atomic mass is 16.3. The Morgan fingerprint density at radius 1 is 0.316 bits per heavy atom. The third-order valence-corrected chi connectivity index (χ3v) is 11.2. The third-order valence-electron chi connectivity index (χ3n) is 11.2. The fourth-order valence-corrected chi connectivity index (χ4v) is 8.48. The summed E-state index contributed by atoms with van der Waals surface area (Å²) < 4.78 is 8.86. The fraction of sp³-hybridized carbons (Fsp3) is 0. The first-order chi connectivity index (χ1) is 28.3. The standard InChI is InChI=1S/C54H36N2O/c1-3-14-37(15-4-1)40-16-11-20-44(34-40)55(43-18-5-2-6-19-43)45-21-12-17-41(35-45)38-28-30-39(31-29-38)42-32-33-51-49(36-42)46-22-7-9-25-50(46)56(51)52-26-13-24-48-47-23-8-10-27-53(47)57-54(48)52/h1-36H. The summed E-state index contributed by atoms with van der Waals surface area (Å²) in [5, 5.41) is 4.69. The first-order valence-corrected chi connectivity index (χ1v) is 19.4. The molecule has 11 rings (SSSR count). The van der Waals surface area contributed by atoms with Crippen LogP contribution in [0.5, 0.6) is 0 Å². The summed E-state index contributed by atoms with van der Waals surface area (Å²) in [7, 11) is 0. The maximum Gasteiger partial charge on any atom is 0.159 e. The molecule has 2 heterocycles. The van der Waals surface area contributed by atoms with Crippen LogP contribution >= 0.6 is 0 Å². The van der Waals surface area contributed by atoms with E-state index in [4.69, 9.17) is 4.42 Å². The molecule has 11 aromatic rings. The Morgan fingerprint density at radius 2 is 0.807 bits per heavy atom. The van der Waals surface area contributed by atoms with Gasteiger partial charge in [0.1, 0.15) is 5.58 Å². The maximum absolute atomic E-state index is 6.51. The number of benzene rings is 9. The smallest absolute Gasteiger partial charge is 0.159 e. The molecule has 2 aromatic heterocycles. The molecule has 0 atom stereocenters. The zero-order chi connectivity index (χ0) is 37.7. The molecule has 0 fully saturated rings. The topological polar surface area (TPSA) is 21.3 Å². The van der Waals surface area contributed by atoms with Crippen molar-refractivity contribution < 1.29 is 4.42 Å². The van der Waals surface area contributed by atoms with Gasteiger partial charge in [-0.25, -0.2) is 0 Å². The largest absolute Gasteiger partial charge is 0.454 e. The fourth-order valence-electron chi connectivity index (χ4n) is 8.48. The Labute approximate surface area is 330 Å². The van der Waals surface area contributed by atoms with Crippen LogP contribution in [0, 0.1) is 0 Å². The SMILES string of the molecule is c1ccc(-c2cccc(N(c3ccccc3)c3cccc(-c4ccc(-c5ccc6c(c5)c5ccccc5n6-c5cccc6c5oc5ccccc56)cc4)c3)c2)cc1. The summed E-state index contributed by atoms with van der Waals surface area (Å²) in [5.41, 5.74) is 15.6. The summed E-state index contributed by atoms with van der Waals surface area (Å²) in [4.78, 5) is 2.34. The van der Waals surface area contributed by atoms with Crippen LogP contribution in [0.15, 0.2) is 223 Å². The molecule has 0 saturated carbocycles. The first kappa shape index (κ1) is 32.8. The van der Waals surface area contributed by atoms with Gasteiger partial charge >= 0.3 is 0 Å². The Hall–Kier alpha value is -7.62. The number of nitrogens with zero attached hydrogens (tertiary/aromatic N) is 2. The maximum atomic E-state index is 6.51. The van der Waals surface area contributed by atoms with Crippen molar-refractivity contribution in [1.82, 2.24) is 4.57 Å². The van der Waals surface area contributed by atoms with E-state index in [-0.39, 0.29) is 0 Å². The van der Waals surface area contributed by atoms with E-state index in [0.717, 1.165) is 61.3 Å². The summed E-state index contributed by atoms with van der Waals surface area (Å²) in [6, 6.07) is 78.0. The summed E-state index contributed by atoms with van der Waals surface area (Å²) in [6.45, 7) is 0. The van der Waals surface area contributed by atoms with Crippen molar-refractivity contribution in [2.45, 2.75) is 0 Å². The van der Waals surface area contributed by atoms with Gasteiger partial charge in [0.2, 0.25) is 0 Å². The predicted octanol–water partition coefficient (Wildman–Crippen LogP) is 15.2. The average Bonchev–Trinajstić information content (AvgIpc) is 3.83. The number of anilines is 3. The van der Waals surface area contributed by atoms with Crippen LogP contribution in [0.3, 0.4) is 0 Å². The number of furan rings is 1. The van der Waals surface area contributed by atoms with Crippen LogP contribution in [0.4, 0.5) is 17.1 Å². The molecular formula is C54H36N2O. The molecule has 0 saturated heterocycles. The molecule has 0 amide bonds. The number of rotatable bonds is 7. The second kappa shape index (κ2) is 13.6. The quantitative estimate of drug-likeness (QED) is 0.163. The van der Waals surface area contributed by atoms with Gasteiger partial charge in [0.25, 0.3) is 0 Å². The van der Waals surface area contributed by atoms with Crippen molar-refractivity contribution >= 4 is 60.8 Å². The van der Waals surface area contributed by atoms with Gasteiger partial charge in [-0.15, -0.1) is 0 Å². The van der Waals surface area contributed by atoms with Crippen LogP contribution in [0.2, 0.25) is 0 Å². The number of hydrogen-bond donors (Lipinski definition) is 0. The molecule has 0 N–H and O–H groups in total. The van der Waals surface area contributed by atoms with Gasteiger partial charge in [0, 0.05) is 38.6 Å². The van der Waals surface area contributed by atoms with E-state index >= 15 is 0 Å². The lowest BCUT2D eigenvalue weighted by atomic mass is 9.98. The summed E-state index contributed by atoms with van der Waals surface area (Å²) in [5.74, 6) is 0. The number of aromatic nitrogens is 1. The zero-order valence-electron chi connectivity index (χ0n) is 31.1.